The molecular weight excluding hydrogens is 298 g/mol. The second-order valence-corrected chi connectivity index (χ2v) is 4.59. The number of alkyl halides is 1. The van der Waals surface area contributed by atoms with E-state index in [1.807, 2.05) is 0 Å². The minimum absolute atomic E-state index is 0.107. The van der Waals surface area contributed by atoms with E-state index >= 15 is 0 Å². The number of ether oxygens (including phenoxy) is 2. The normalized spacial score (nSPS) is 10.5. The van der Waals surface area contributed by atoms with Gasteiger partial charge >= 0.3 is 5.69 Å². The van der Waals surface area contributed by atoms with E-state index < -0.39 is 4.92 Å². The molecule has 2 aromatic rings. The number of aromatic nitrogens is 2. The number of hydrogen-bond acceptors (Lipinski definition) is 5. The molecule has 2 rings (SSSR count). The Labute approximate surface area is 126 Å². The SMILES string of the molecule is COc1ccc(Oc2c(CCl)c(C)nn2C)c([N+](=O)[O-])c1. The Kier molecular flexibility index (Phi) is 4.32. The van der Waals surface area contributed by atoms with Crippen molar-refractivity contribution in [2.45, 2.75) is 12.8 Å². The monoisotopic (exact) mass is 311 g/mol. The Morgan fingerprint density at radius 3 is 2.76 bits per heavy atom. The summed E-state index contributed by atoms with van der Waals surface area (Å²) in [6, 6.07) is 4.38. The highest BCUT2D eigenvalue weighted by molar-refractivity contribution is 6.17. The third-order valence-corrected chi connectivity index (χ3v) is 3.26. The molecule has 7 nitrogen and oxygen atoms in total. The van der Waals surface area contributed by atoms with Crippen LogP contribution < -0.4 is 9.47 Å². The Bertz CT molecular complexity index is 684. The first-order valence-corrected chi connectivity index (χ1v) is 6.60. The predicted octanol–water partition coefficient (Wildman–Crippen LogP) is 3.18. The van der Waals surface area contributed by atoms with Crippen LogP contribution in [0.4, 0.5) is 5.69 Å². The minimum atomic E-state index is -0.526. The van der Waals surface area contributed by atoms with Crippen LogP contribution in [0.2, 0.25) is 0 Å². The van der Waals surface area contributed by atoms with Crippen LogP contribution in [0.25, 0.3) is 0 Å². The number of nitrogens with zero attached hydrogens (tertiary/aromatic N) is 3. The van der Waals surface area contributed by atoms with Crippen molar-refractivity contribution in [2.24, 2.45) is 7.05 Å². The number of aryl methyl sites for hydroxylation is 2. The van der Waals surface area contributed by atoms with Crippen molar-refractivity contribution in [3.05, 3.63) is 39.6 Å². The summed E-state index contributed by atoms with van der Waals surface area (Å²) in [4.78, 5) is 10.6. The maximum absolute atomic E-state index is 11.1. The summed E-state index contributed by atoms with van der Waals surface area (Å²) in [5.74, 6) is 1.08. The van der Waals surface area contributed by atoms with Gasteiger partial charge in [0.2, 0.25) is 11.6 Å². The molecule has 112 valence electrons. The summed E-state index contributed by atoms with van der Waals surface area (Å²) in [6.45, 7) is 1.80. The average molecular weight is 312 g/mol. The molecule has 8 heteroatoms. The molecule has 0 bridgehead atoms. The number of rotatable bonds is 5. The van der Waals surface area contributed by atoms with Crippen molar-refractivity contribution in [3.63, 3.8) is 0 Å². The average Bonchev–Trinajstić information content (AvgIpc) is 2.72. The number of hydrogen-bond donors (Lipinski definition) is 0. The summed E-state index contributed by atoms with van der Waals surface area (Å²) in [7, 11) is 3.13. The highest BCUT2D eigenvalue weighted by Crippen LogP contribution is 2.36. The Morgan fingerprint density at radius 2 is 2.19 bits per heavy atom. The zero-order valence-corrected chi connectivity index (χ0v) is 12.5. The second-order valence-electron chi connectivity index (χ2n) is 4.32. The van der Waals surface area contributed by atoms with E-state index in [-0.39, 0.29) is 17.3 Å². The lowest BCUT2D eigenvalue weighted by atomic mass is 10.2. The molecular formula is C13H14ClN3O4. The fourth-order valence-corrected chi connectivity index (χ4v) is 2.23. The van der Waals surface area contributed by atoms with E-state index in [1.165, 1.54) is 23.9 Å². The van der Waals surface area contributed by atoms with Gasteiger partial charge in [0.1, 0.15) is 5.75 Å². The molecule has 0 unspecified atom stereocenters. The van der Waals surface area contributed by atoms with Gasteiger partial charge < -0.3 is 9.47 Å². The standard InChI is InChI=1S/C13H14ClN3O4/c1-8-10(7-14)13(16(2)15-8)21-12-5-4-9(20-3)6-11(12)17(18)19/h4-6H,7H2,1-3H3. The smallest absolute Gasteiger partial charge is 0.315 e. The van der Waals surface area contributed by atoms with Gasteiger partial charge in [-0.2, -0.15) is 5.10 Å². The van der Waals surface area contributed by atoms with Gasteiger partial charge in [0.05, 0.1) is 35.2 Å². The van der Waals surface area contributed by atoms with Gasteiger partial charge in [0.15, 0.2) is 0 Å². The van der Waals surface area contributed by atoms with E-state index in [1.54, 1.807) is 20.0 Å². The fraction of sp³-hybridized carbons (Fsp3) is 0.308. The van der Waals surface area contributed by atoms with Crippen LogP contribution in [0, 0.1) is 17.0 Å². The number of benzene rings is 1. The summed E-state index contributed by atoms with van der Waals surface area (Å²) in [6.07, 6.45) is 0. The number of methoxy groups -OCH3 is 1. The molecule has 0 atom stereocenters. The van der Waals surface area contributed by atoms with Gasteiger partial charge in [0, 0.05) is 7.05 Å². The van der Waals surface area contributed by atoms with Gasteiger partial charge in [-0.3, -0.25) is 10.1 Å². The van der Waals surface area contributed by atoms with Crippen molar-refractivity contribution in [1.82, 2.24) is 9.78 Å². The number of halogens is 1. The molecule has 0 spiro atoms. The van der Waals surface area contributed by atoms with Gasteiger partial charge in [-0.25, -0.2) is 4.68 Å². The van der Waals surface area contributed by atoms with Crippen molar-refractivity contribution < 1.29 is 14.4 Å². The Balaban J connectivity index is 2.47. The van der Waals surface area contributed by atoms with Crippen LogP contribution in [0.3, 0.4) is 0 Å². The minimum Gasteiger partial charge on any atom is -0.496 e. The molecule has 0 aliphatic rings. The van der Waals surface area contributed by atoms with E-state index in [2.05, 4.69) is 5.10 Å². The van der Waals surface area contributed by atoms with Crippen molar-refractivity contribution >= 4 is 17.3 Å². The molecule has 0 saturated heterocycles. The molecule has 0 fully saturated rings. The first-order valence-electron chi connectivity index (χ1n) is 6.06. The van der Waals surface area contributed by atoms with Gasteiger partial charge in [-0.1, -0.05) is 0 Å². The van der Waals surface area contributed by atoms with E-state index in [0.29, 0.717) is 17.2 Å². The predicted molar refractivity (Wildman–Crippen MR) is 77.2 cm³/mol. The zero-order valence-electron chi connectivity index (χ0n) is 11.8. The quantitative estimate of drug-likeness (QED) is 0.481. The van der Waals surface area contributed by atoms with Crippen LogP contribution in [0.1, 0.15) is 11.3 Å². The molecule has 1 heterocycles. The topological polar surface area (TPSA) is 79.4 Å². The maximum Gasteiger partial charge on any atom is 0.315 e. The Morgan fingerprint density at radius 1 is 1.48 bits per heavy atom. The molecule has 21 heavy (non-hydrogen) atoms. The van der Waals surface area contributed by atoms with E-state index in [4.69, 9.17) is 21.1 Å². The molecule has 0 aliphatic heterocycles. The number of nitro benzene ring substituents is 1. The molecule has 1 aromatic heterocycles. The first kappa shape index (κ1) is 15.1. The van der Waals surface area contributed by atoms with Crippen LogP contribution in [-0.2, 0) is 12.9 Å². The lowest BCUT2D eigenvalue weighted by molar-refractivity contribution is -0.385. The summed E-state index contributed by atoms with van der Waals surface area (Å²) >= 11 is 5.88. The molecule has 0 N–H and O–H groups in total. The van der Waals surface area contributed by atoms with Crippen LogP contribution in [0.15, 0.2) is 18.2 Å². The largest absolute Gasteiger partial charge is 0.496 e. The van der Waals surface area contributed by atoms with E-state index in [0.717, 1.165) is 5.69 Å². The van der Waals surface area contributed by atoms with Crippen molar-refractivity contribution in [1.29, 1.82) is 0 Å². The first-order chi connectivity index (χ1) is 9.97. The highest BCUT2D eigenvalue weighted by atomic mass is 35.5. The van der Waals surface area contributed by atoms with Gasteiger partial charge in [-0.05, 0) is 19.1 Å². The lowest BCUT2D eigenvalue weighted by Crippen LogP contribution is -1.99. The third kappa shape index (κ3) is 2.92. The van der Waals surface area contributed by atoms with Crippen molar-refractivity contribution in [2.75, 3.05) is 7.11 Å². The molecule has 0 radical (unpaired) electrons. The fourth-order valence-electron chi connectivity index (χ4n) is 1.92. The highest BCUT2D eigenvalue weighted by Gasteiger charge is 2.21. The summed E-state index contributed by atoms with van der Waals surface area (Å²) < 4.78 is 12.1. The van der Waals surface area contributed by atoms with Gasteiger partial charge in [0.25, 0.3) is 0 Å². The molecule has 1 aromatic carbocycles. The molecule has 0 amide bonds. The summed E-state index contributed by atoms with van der Waals surface area (Å²) in [5, 5.41) is 15.3. The van der Waals surface area contributed by atoms with Crippen LogP contribution in [-0.4, -0.2) is 21.8 Å². The summed E-state index contributed by atoms with van der Waals surface area (Å²) in [5.41, 5.74) is 1.23. The van der Waals surface area contributed by atoms with Crippen LogP contribution >= 0.6 is 11.6 Å². The van der Waals surface area contributed by atoms with Gasteiger partial charge in [-0.15, -0.1) is 11.6 Å². The van der Waals surface area contributed by atoms with Crippen LogP contribution in [0.5, 0.6) is 17.4 Å². The Hall–Kier alpha value is -2.28. The molecule has 0 saturated carbocycles. The second kappa shape index (κ2) is 6.01. The van der Waals surface area contributed by atoms with Crippen molar-refractivity contribution in [3.8, 4) is 17.4 Å². The number of nitro groups is 1. The lowest BCUT2D eigenvalue weighted by Gasteiger charge is -2.09. The molecule has 0 aliphatic carbocycles. The maximum atomic E-state index is 11.1. The zero-order chi connectivity index (χ0) is 15.6. The third-order valence-electron chi connectivity index (χ3n) is 2.99. The van der Waals surface area contributed by atoms with E-state index in [9.17, 15) is 10.1 Å².